The van der Waals surface area contributed by atoms with E-state index in [-0.39, 0.29) is 5.91 Å². The lowest BCUT2D eigenvalue weighted by atomic mass is 10.2. The van der Waals surface area contributed by atoms with E-state index in [0.29, 0.717) is 11.4 Å². The number of ether oxygens (including phenoxy) is 1. The number of methoxy groups -OCH3 is 1. The fourth-order valence-corrected chi connectivity index (χ4v) is 1.68. The van der Waals surface area contributed by atoms with E-state index in [1.165, 1.54) is 0 Å². The summed E-state index contributed by atoms with van der Waals surface area (Å²) < 4.78 is 5.90. The number of nitrogens with one attached hydrogen (secondary N) is 1. The average molecular weight is 285 g/mol. The van der Waals surface area contributed by atoms with Gasteiger partial charge in [-0.1, -0.05) is 0 Å². The average Bonchev–Trinajstić information content (AvgIpc) is 3.01. The summed E-state index contributed by atoms with van der Waals surface area (Å²) >= 11 is 3.36. The van der Waals surface area contributed by atoms with Crippen molar-refractivity contribution in [1.82, 2.24) is 0 Å². The third-order valence-corrected chi connectivity index (χ3v) is 3.35. The molecule has 0 aliphatic heterocycles. The van der Waals surface area contributed by atoms with Gasteiger partial charge in [0.15, 0.2) is 0 Å². The highest BCUT2D eigenvalue weighted by Crippen LogP contribution is 2.35. The SMILES string of the molecule is COc1ccc(Br)c(NC(=O)C2(N)CC2)c1. The van der Waals surface area contributed by atoms with Crippen LogP contribution in [-0.2, 0) is 4.79 Å². The van der Waals surface area contributed by atoms with Crippen LogP contribution in [0.15, 0.2) is 22.7 Å². The van der Waals surface area contributed by atoms with Gasteiger partial charge >= 0.3 is 0 Å². The first-order chi connectivity index (χ1) is 7.55. The van der Waals surface area contributed by atoms with E-state index in [1.54, 1.807) is 13.2 Å². The lowest BCUT2D eigenvalue weighted by Gasteiger charge is -2.12. The Morgan fingerprint density at radius 3 is 2.81 bits per heavy atom. The van der Waals surface area contributed by atoms with Gasteiger partial charge in [-0.3, -0.25) is 4.79 Å². The Balaban J connectivity index is 2.17. The number of rotatable bonds is 3. The molecular weight excluding hydrogens is 272 g/mol. The minimum Gasteiger partial charge on any atom is -0.497 e. The highest BCUT2D eigenvalue weighted by atomic mass is 79.9. The van der Waals surface area contributed by atoms with Crippen molar-refractivity contribution < 1.29 is 9.53 Å². The van der Waals surface area contributed by atoms with Crippen molar-refractivity contribution in [2.75, 3.05) is 12.4 Å². The van der Waals surface area contributed by atoms with Crippen LogP contribution >= 0.6 is 15.9 Å². The van der Waals surface area contributed by atoms with Crippen molar-refractivity contribution in [3.63, 3.8) is 0 Å². The standard InChI is InChI=1S/C11H13BrN2O2/c1-16-7-2-3-8(12)9(6-7)14-10(15)11(13)4-5-11/h2-3,6H,4-5,13H2,1H3,(H,14,15). The van der Waals surface area contributed by atoms with Crippen molar-refractivity contribution in [2.24, 2.45) is 5.73 Å². The normalized spacial score (nSPS) is 16.7. The quantitative estimate of drug-likeness (QED) is 0.891. The molecule has 4 nitrogen and oxygen atoms in total. The van der Waals surface area contributed by atoms with Crippen LogP contribution in [0.25, 0.3) is 0 Å². The molecule has 86 valence electrons. The predicted octanol–water partition coefficient (Wildman–Crippen LogP) is 1.89. The summed E-state index contributed by atoms with van der Waals surface area (Å²) in [5.41, 5.74) is 5.82. The molecule has 1 aromatic carbocycles. The molecule has 1 aliphatic carbocycles. The summed E-state index contributed by atoms with van der Waals surface area (Å²) in [6.07, 6.45) is 1.50. The van der Waals surface area contributed by atoms with Gasteiger partial charge in [0.25, 0.3) is 0 Å². The van der Waals surface area contributed by atoms with Crippen molar-refractivity contribution in [3.8, 4) is 5.75 Å². The van der Waals surface area contributed by atoms with Crippen LogP contribution < -0.4 is 15.8 Å². The maximum absolute atomic E-state index is 11.8. The van der Waals surface area contributed by atoms with Gasteiger partial charge in [0, 0.05) is 10.5 Å². The molecule has 0 bridgehead atoms. The van der Waals surface area contributed by atoms with Crippen molar-refractivity contribution >= 4 is 27.5 Å². The summed E-state index contributed by atoms with van der Waals surface area (Å²) in [6.45, 7) is 0. The van der Waals surface area contributed by atoms with Gasteiger partial charge in [0.2, 0.25) is 5.91 Å². The summed E-state index contributed by atoms with van der Waals surface area (Å²) in [4.78, 5) is 11.8. The van der Waals surface area contributed by atoms with E-state index in [0.717, 1.165) is 17.3 Å². The molecule has 1 aliphatic rings. The van der Waals surface area contributed by atoms with E-state index in [4.69, 9.17) is 10.5 Å². The maximum atomic E-state index is 11.8. The number of hydrogen-bond donors (Lipinski definition) is 2. The van der Waals surface area contributed by atoms with E-state index < -0.39 is 5.54 Å². The van der Waals surface area contributed by atoms with E-state index in [1.807, 2.05) is 12.1 Å². The smallest absolute Gasteiger partial charge is 0.244 e. The molecule has 0 spiro atoms. The predicted molar refractivity (Wildman–Crippen MR) is 65.5 cm³/mol. The summed E-state index contributed by atoms with van der Waals surface area (Å²) in [6, 6.07) is 5.40. The number of hydrogen-bond acceptors (Lipinski definition) is 3. The Labute approximate surface area is 102 Å². The minimum atomic E-state index is -0.664. The second-order valence-electron chi connectivity index (χ2n) is 3.96. The molecule has 3 N–H and O–H groups in total. The summed E-state index contributed by atoms with van der Waals surface area (Å²) in [5, 5.41) is 2.80. The van der Waals surface area contributed by atoms with Crippen molar-refractivity contribution in [3.05, 3.63) is 22.7 Å². The number of benzene rings is 1. The molecule has 2 rings (SSSR count). The second kappa shape index (κ2) is 4.07. The van der Waals surface area contributed by atoms with Gasteiger partial charge in [0.1, 0.15) is 5.75 Å². The number of carbonyl (C=O) groups is 1. The van der Waals surface area contributed by atoms with Crippen LogP contribution in [0.2, 0.25) is 0 Å². The largest absolute Gasteiger partial charge is 0.497 e. The minimum absolute atomic E-state index is 0.138. The summed E-state index contributed by atoms with van der Waals surface area (Å²) in [5.74, 6) is 0.557. The zero-order valence-electron chi connectivity index (χ0n) is 8.92. The zero-order valence-corrected chi connectivity index (χ0v) is 10.5. The Hall–Kier alpha value is -1.07. The molecule has 5 heteroatoms. The number of carbonyl (C=O) groups excluding carboxylic acids is 1. The Bertz CT molecular complexity index is 430. The molecule has 0 unspecified atom stereocenters. The first-order valence-electron chi connectivity index (χ1n) is 4.99. The lowest BCUT2D eigenvalue weighted by molar-refractivity contribution is -0.118. The van der Waals surface area contributed by atoms with Gasteiger partial charge < -0.3 is 15.8 Å². The van der Waals surface area contributed by atoms with Gasteiger partial charge in [0.05, 0.1) is 18.3 Å². The van der Waals surface area contributed by atoms with Crippen LogP contribution in [0.3, 0.4) is 0 Å². The van der Waals surface area contributed by atoms with E-state index in [2.05, 4.69) is 21.2 Å². The number of halogens is 1. The van der Waals surface area contributed by atoms with E-state index in [9.17, 15) is 4.79 Å². The van der Waals surface area contributed by atoms with Crippen molar-refractivity contribution in [1.29, 1.82) is 0 Å². The summed E-state index contributed by atoms with van der Waals surface area (Å²) in [7, 11) is 1.58. The fourth-order valence-electron chi connectivity index (χ4n) is 1.34. The molecule has 1 saturated carbocycles. The highest BCUT2D eigenvalue weighted by Gasteiger charge is 2.46. The molecule has 0 radical (unpaired) electrons. The van der Waals surface area contributed by atoms with Gasteiger partial charge in [-0.05, 0) is 40.9 Å². The maximum Gasteiger partial charge on any atom is 0.244 e. The zero-order chi connectivity index (χ0) is 11.8. The number of amides is 1. The molecule has 16 heavy (non-hydrogen) atoms. The topological polar surface area (TPSA) is 64.3 Å². The monoisotopic (exact) mass is 284 g/mol. The Kier molecular flexibility index (Phi) is 2.90. The highest BCUT2D eigenvalue weighted by molar-refractivity contribution is 9.10. The van der Waals surface area contributed by atoms with Gasteiger partial charge in [-0.2, -0.15) is 0 Å². The van der Waals surface area contributed by atoms with Crippen LogP contribution in [-0.4, -0.2) is 18.6 Å². The molecule has 1 amide bonds. The molecule has 0 aromatic heterocycles. The number of nitrogens with two attached hydrogens (primary N) is 1. The molecule has 1 fully saturated rings. The molecular formula is C11H13BrN2O2. The van der Waals surface area contributed by atoms with Gasteiger partial charge in [-0.25, -0.2) is 0 Å². The van der Waals surface area contributed by atoms with Crippen LogP contribution in [0.4, 0.5) is 5.69 Å². The molecule has 0 saturated heterocycles. The molecule has 0 heterocycles. The Morgan fingerprint density at radius 1 is 1.56 bits per heavy atom. The second-order valence-corrected chi connectivity index (χ2v) is 4.81. The van der Waals surface area contributed by atoms with Crippen LogP contribution in [0.1, 0.15) is 12.8 Å². The first kappa shape index (κ1) is 11.4. The molecule has 1 aromatic rings. The van der Waals surface area contributed by atoms with Gasteiger partial charge in [-0.15, -0.1) is 0 Å². The third kappa shape index (κ3) is 2.20. The number of anilines is 1. The Morgan fingerprint density at radius 2 is 2.25 bits per heavy atom. The van der Waals surface area contributed by atoms with Crippen molar-refractivity contribution in [2.45, 2.75) is 18.4 Å². The molecule has 0 atom stereocenters. The lowest BCUT2D eigenvalue weighted by Crippen LogP contribution is -2.37. The van der Waals surface area contributed by atoms with E-state index >= 15 is 0 Å². The fraction of sp³-hybridized carbons (Fsp3) is 0.364. The van der Waals surface area contributed by atoms with Crippen LogP contribution in [0, 0.1) is 0 Å². The third-order valence-electron chi connectivity index (χ3n) is 2.66. The van der Waals surface area contributed by atoms with Crippen LogP contribution in [0.5, 0.6) is 5.75 Å². The first-order valence-corrected chi connectivity index (χ1v) is 5.78.